The first-order valence-corrected chi connectivity index (χ1v) is 4.95. The molecule has 3 nitrogen and oxygen atoms in total. The van der Waals surface area contributed by atoms with Crippen LogP contribution in [0.4, 0.5) is 8.78 Å². The van der Waals surface area contributed by atoms with E-state index in [0.29, 0.717) is 13.0 Å². The summed E-state index contributed by atoms with van der Waals surface area (Å²) in [6, 6.07) is 3.72. The lowest BCUT2D eigenvalue weighted by Crippen LogP contribution is -2.27. The van der Waals surface area contributed by atoms with Crippen molar-refractivity contribution in [2.24, 2.45) is 0 Å². The second-order valence-electron chi connectivity index (χ2n) is 3.32. The van der Waals surface area contributed by atoms with E-state index >= 15 is 0 Å². The molecule has 0 aliphatic carbocycles. The highest BCUT2D eigenvalue weighted by Gasteiger charge is 2.10. The van der Waals surface area contributed by atoms with E-state index < -0.39 is 17.5 Å². The SMILES string of the molecule is O=C(Cc1cccc(F)c1F)NCCCO. The van der Waals surface area contributed by atoms with E-state index in [9.17, 15) is 13.6 Å². The molecule has 0 saturated heterocycles. The van der Waals surface area contributed by atoms with Gasteiger partial charge < -0.3 is 10.4 Å². The number of halogens is 2. The lowest BCUT2D eigenvalue weighted by atomic mass is 10.1. The van der Waals surface area contributed by atoms with Gasteiger partial charge >= 0.3 is 0 Å². The maximum absolute atomic E-state index is 13.2. The standard InChI is InChI=1S/C11H13F2NO2/c12-9-4-1-3-8(11(9)13)7-10(16)14-5-2-6-15/h1,3-4,15H,2,5-7H2,(H,14,16). The summed E-state index contributed by atoms with van der Waals surface area (Å²) in [5.74, 6) is -2.33. The number of amides is 1. The highest BCUT2D eigenvalue weighted by atomic mass is 19.2. The highest BCUT2D eigenvalue weighted by Crippen LogP contribution is 2.11. The average molecular weight is 229 g/mol. The molecule has 0 heterocycles. The van der Waals surface area contributed by atoms with Crippen molar-refractivity contribution < 1.29 is 18.7 Å². The second-order valence-corrected chi connectivity index (χ2v) is 3.32. The summed E-state index contributed by atoms with van der Waals surface area (Å²) in [4.78, 5) is 11.3. The molecule has 5 heteroatoms. The molecule has 0 fully saturated rings. The Labute approximate surface area is 92.1 Å². The maximum Gasteiger partial charge on any atom is 0.224 e. The minimum absolute atomic E-state index is 0.0192. The van der Waals surface area contributed by atoms with Crippen LogP contribution in [0.15, 0.2) is 18.2 Å². The molecule has 0 unspecified atom stereocenters. The van der Waals surface area contributed by atoms with E-state index in [1.165, 1.54) is 12.1 Å². The van der Waals surface area contributed by atoms with E-state index in [2.05, 4.69) is 5.32 Å². The summed E-state index contributed by atoms with van der Waals surface area (Å²) in [6.45, 7) is 0.306. The minimum Gasteiger partial charge on any atom is -0.396 e. The molecule has 0 aromatic heterocycles. The van der Waals surface area contributed by atoms with Crippen molar-refractivity contribution in [2.45, 2.75) is 12.8 Å². The molecular formula is C11H13F2NO2. The topological polar surface area (TPSA) is 49.3 Å². The molecule has 0 saturated carbocycles. The van der Waals surface area contributed by atoms with E-state index in [1.807, 2.05) is 0 Å². The first-order valence-electron chi connectivity index (χ1n) is 4.95. The van der Waals surface area contributed by atoms with Crippen molar-refractivity contribution >= 4 is 5.91 Å². The van der Waals surface area contributed by atoms with Crippen LogP contribution in [-0.2, 0) is 11.2 Å². The molecule has 88 valence electrons. The number of aliphatic hydroxyl groups excluding tert-OH is 1. The Balaban J connectivity index is 2.53. The van der Waals surface area contributed by atoms with E-state index in [4.69, 9.17) is 5.11 Å². The monoisotopic (exact) mass is 229 g/mol. The van der Waals surface area contributed by atoms with Crippen LogP contribution in [0.3, 0.4) is 0 Å². The Morgan fingerprint density at radius 2 is 2.12 bits per heavy atom. The van der Waals surface area contributed by atoms with Gasteiger partial charge in [0.15, 0.2) is 11.6 Å². The smallest absolute Gasteiger partial charge is 0.224 e. The van der Waals surface area contributed by atoms with Crippen molar-refractivity contribution in [2.75, 3.05) is 13.2 Å². The van der Waals surface area contributed by atoms with Crippen molar-refractivity contribution in [3.8, 4) is 0 Å². The Morgan fingerprint density at radius 3 is 2.81 bits per heavy atom. The lowest BCUT2D eigenvalue weighted by Gasteiger charge is -2.05. The number of nitrogens with one attached hydrogen (secondary N) is 1. The summed E-state index contributed by atoms with van der Waals surface area (Å²) in [5, 5.41) is 11.0. The third-order valence-electron chi connectivity index (χ3n) is 2.04. The zero-order valence-electron chi connectivity index (χ0n) is 8.67. The van der Waals surface area contributed by atoms with Gasteiger partial charge in [-0.2, -0.15) is 0 Å². The zero-order valence-corrected chi connectivity index (χ0v) is 8.67. The van der Waals surface area contributed by atoms with E-state index in [-0.39, 0.29) is 18.6 Å². The Kier molecular flexibility index (Phi) is 4.85. The minimum atomic E-state index is -0.986. The van der Waals surface area contributed by atoms with Crippen LogP contribution in [0.1, 0.15) is 12.0 Å². The Bertz CT molecular complexity index is 369. The first-order chi connectivity index (χ1) is 7.65. The largest absolute Gasteiger partial charge is 0.396 e. The number of hydrogen-bond acceptors (Lipinski definition) is 2. The van der Waals surface area contributed by atoms with Gasteiger partial charge in [0.05, 0.1) is 6.42 Å². The maximum atomic E-state index is 13.2. The van der Waals surface area contributed by atoms with Gasteiger partial charge in [-0.15, -0.1) is 0 Å². The van der Waals surface area contributed by atoms with E-state index in [1.54, 1.807) is 0 Å². The van der Waals surface area contributed by atoms with Crippen molar-refractivity contribution in [1.82, 2.24) is 5.32 Å². The molecule has 0 aliphatic heterocycles. The number of hydrogen-bond donors (Lipinski definition) is 2. The second kappa shape index (κ2) is 6.17. The molecule has 1 amide bonds. The van der Waals surface area contributed by atoms with Gasteiger partial charge in [-0.3, -0.25) is 4.79 Å². The van der Waals surface area contributed by atoms with Gasteiger partial charge in [-0.1, -0.05) is 12.1 Å². The fraction of sp³-hybridized carbons (Fsp3) is 0.364. The van der Waals surface area contributed by atoms with Crippen LogP contribution in [-0.4, -0.2) is 24.2 Å². The molecule has 1 aromatic carbocycles. The van der Waals surface area contributed by atoms with Crippen LogP contribution in [0.2, 0.25) is 0 Å². The van der Waals surface area contributed by atoms with Gasteiger partial charge in [-0.05, 0) is 12.5 Å². The fourth-order valence-electron chi connectivity index (χ4n) is 1.23. The van der Waals surface area contributed by atoms with Crippen LogP contribution in [0.25, 0.3) is 0 Å². The van der Waals surface area contributed by atoms with Crippen molar-refractivity contribution in [3.63, 3.8) is 0 Å². The number of carbonyl (C=O) groups is 1. The number of benzene rings is 1. The molecule has 0 radical (unpaired) electrons. The van der Waals surface area contributed by atoms with Crippen molar-refractivity contribution in [1.29, 1.82) is 0 Å². The molecule has 0 aliphatic rings. The first kappa shape index (κ1) is 12.6. The van der Waals surface area contributed by atoms with Gasteiger partial charge in [0.1, 0.15) is 0 Å². The van der Waals surface area contributed by atoms with Crippen LogP contribution in [0, 0.1) is 11.6 Å². The number of aliphatic hydroxyl groups is 1. The van der Waals surface area contributed by atoms with Crippen LogP contribution < -0.4 is 5.32 Å². The molecule has 16 heavy (non-hydrogen) atoms. The Hall–Kier alpha value is -1.49. The predicted octanol–water partition coefficient (Wildman–Crippen LogP) is 1.01. The van der Waals surface area contributed by atoms with Crippen LogP contribution in [0.5, 0.6) is 0 Å². The van der Waals surface area contributed by atoms with Gasteiger partial charge in [0.25, 0.3) is 0 Å². The third-order valence-corrected chi connectivity index (χ3v) is 2.04. The Morgan fingerprint density at radius 1 is 1.38 bits per heavy atom. The molecule has 1 rings (SSSR count). The summed E-state index contributed by atoms with van der Waals surface area (Å²) >= 11 is 0. The molecular weight excluding hydrogens is 216 g/mol. The van der Waals surface area contributed by atoms with Gasteiger partial charge in [0, 0.05) is 18.7 Å². The van der Waals surface area contributed by atoms with E-state index in [0.717, 1.165) is 6.07 Å². The highest BCUT2D eigenvalue weighted by molar-refractivity contribution is 5.78. The average Bonchev–Trinajstić information content (AvgIpc) is 2.25. The van der Waals surface area contributed by atoms with Gasteiger partial charge in [0.2, 0.25) is 5.91 Å². The van der Waals surface area contributed by atoms with Gasteiger partial charge in [-0.25, -0.2) is 8.78 Å². The molecule has 0 bridgehead atoms. The predicted molar refractivity (Wildman–Crippen MR) is 54.8 cm³/mol. The summed E-state index contributed by atoms with van der Waals surface area (Å²) in [5.41, 5.74) is 0.0292. The lowest BCUT2D eigenvalue weighted by molar-refractivity contribution is -0.120. The summed E-state index contributed by atoms with van der Waals surface area (Å²) in [6.07, 6.45) is 0.242. The number of rotatable bonds is 5. The van der Waals surface area contributed by atoms with Crippen LogP contribution >= 0.6 is 0 Å². The third kappa shape index (κ3) is 3.58. The quantitative estimate of drug-likeness (QED) is 0.740. The normalized spacial score (nSPS) is 10.2. The fourth-order valence-corrected chi connectivity index (χ4v) is 1.23. The summed E-state index contributed by atoms with van der Waals surface area (Å²) < 4.78 is 26.0. The molecule has 1 aromatic rings. The number of carbonyl (C=O) groups excluding carboxylic acids is 1. The molecule has 0 atom stereocenters. The molecule has 2 N–H and O–H groups in total. The van der Waals surface area contributed by atoms with Crippen molar-refractivity contribution in [3.05, 3.63) is 35.4 Å². The zero-order chi connectivity index (χ0) is 12.0. The molecule has 0 spiro atoms. The summed E-state index contributed by atoms with van der Waals surface area (Å²) in [7, 11) is 0.